The number of hydrogen-bond acceptors (Lipinski definition) is 5. The van der Waals surface area contributed by atoms with Gasteiger partial charge in [0, 0.05) is 29.4 Å². The topological polar surface area (TPSA) is 76.1 Å². The number of nitrogens with zero attached hydrogens (tertiary/aromatic N) is 2. The molecule has 0 bridgehead atoms. The molecule has 2 aromatic carbocycles. The summed E-state index contributed by atoms with van der Waals surface area (Å²) in [5, 5.41) is 6.71. The first kappa shape index (κ1) is 18.7. The quantitative estimate of drug-likeness (QED) is 0.644. The zero-order chi connectivity index (χ0) is 19.1. The molecule has 0 spiro atoms. The Bertz CT molecular complexity index is 933. The van der Waals surface area contributed by atoms with Crippen molar-refractivity contribution in [3.05, 3.63) is 77.2 Å². The Morgan fingerprint density at radius 3 is 2.78 bits per heavy atom. The first-order valence-corrected chi connectivity index (χ1v) is 8.77. The molecule has 0 aliphatic rings. The van der Waals surface area contributed by atoms with Crippen molar-refractivity contribution in [2.75, 3.05) is 24.3 Å². The average molecular weight is 383 g/mol. The van der Waals surface area contributed by atoms with E-state index >= 15 is 0 Å². The van der Waals surface area contributed by atoms with Gasteiger partial charge in [-0.2, -0.15) is 0 Å². The van der Waals surface area contributed by atoms with Gasteiger partial charge in [-0.3, -0.25) is 4.79 Å². The van der Waals surface area contributed by atoms with Crippen LogP contribution in [0.5, 0.6) is 5.75 Å². The number of nitrogens with one attached hydrogen (secondary N) is 2. The standard InChI is InChI=1S/C20H19ClN4O2/c1-27-17-7-3-6-16(11-17)25-20(26)18-12-19(24-13-23-18)22-9-8-14-4-2-5-15(21)10-14/h2-7,10-13H,8-9H2,1H3,(H,25,26)(H,22,23,24). The van der Waals surface area contributed by atoms with Crippen LogP contribution in [0.1, 0.15) is 16.1 Å². The van der Waals surface area contributed by atoms with E-state index in [9.17, 15) is 4.79 Å². The maximum Gasteiger partial charge on any atom is 0.274 e. The molecule has 0 saturated heterocycles. The first-order valence-electron chi connectivity index (χ1n) is 8.40. The molecule has 0 radical (unpaired) electrons. The van der Waals surface area contributed by atoms with Gasteiger partial charge in [0.1, 0.15) is 23.6 Å². The molecule has 0 fully saturated rings. The van der Waals surface area contributed by atoms with Crippen molar-refractivity contribution >= 4 is 29.0 Å². The van der Waals surface area contributed by atoms with Gasteiger partial charge >= 0.3 is 0 Å². The van der Waals surface area contributed by atoms with Crippen LogP contribution in [0.25, 0.3) is 0 Å². The molecule has 7 heteroatoms. The fourth-order valence-corrected chi connectivity index (χ4v) is 2.71. The summed E-state index contributed by atoms with van der Waals surface area (Å²) in [4.78, 5) is 20.6. The van der Waals surface area contributed by atoms with Gasteiger partial charge in [0.15, 0.2) is 0 Å². The van der Waals surface area contributed by atoms with E-state index in [2.05, 4.69) is 20.6 Å². The Labute approximate surface area is 162 Å². The van der Waals surface area contributed by atoms with Gasteiger partial charge in [0.25, 0.3) is 5.91 Å². The number of anilines is 2. The van der Waals surface area contributed by atoms with Gasteiger partial charge in [-0.1, -0.05) is 29.8 Å². The maximum absolute atomic E-state index is 12.4. The van der Waals surface area contributed by atoms with Crippen LogP contribution in [0.15, 0.2) is 60.9 Å². The molecular formula is C20H19ClN4O2. The number of halogens is 1. The number of carbonyl (C=O) groups excluding carboxylic acids is 1. The SMILES string of the molecule is COc1cccc(NC(=O)c2cc(NCCc3cccc(Cl)c3)ncn2)c1. The van der Waals surface area contributed by atoms with E-state index in [1.54, 1.807) is 31.4 Å². The van der Waals surface area contributed by atoms with Crippen molar-refractivity contribution in [3.63, 3.8) is 0 Å². The minimum absolute atomic E-state index is 0.276. The largest absolute Gasteiger partial charge is 0.497 e. The zero-order valence-electron chi connectivity index (χ0n) is 14.8. The molecule has 27 heavy (non-hydrogen) atoms. The lowest BCUT2D eigenvalue weighted by Gasteiger charge is -2.09. The maximum atomic E-state index is 12.4. The fraction of sp³-hybridized carbons (Fsp3) is 0.150. The second kappa shape index (κ2) is 9.00. The first-order chi connectivity index (χ1) is 13.1. The van der Waals surface area contributed by atoms with E-state index in [0.29, 0.717) is 28.8 Å². The predicted octanol–water partition coefficient (Wildman–Crippen LogP) is 4.05. The van der Waals surface area contributed by atoms with Gasteiger partial charge in [0.05, 0.1) is 7.11 Å². The number of aromatic nitrogens is 2. The molecule has 1 amide bonds. The van der Waals surface area contributed by atoms with E-state index in [-0.39, 0.29) is 11.6 Å². The molecular weight excluding hydrogens is 364 g/mol. The van der Waals surface area contributed by atoms with E-state index in [0.717, 1.165) is 12.0 Å². The van der Waals surface area contributed by atoms with Gasteiger partial charge in [-0.05, 0) is 36.2 Å². The Morgan fingerprint density at radius 2 is 1.96 bits per heavy atom. The third-order valence-corrected chi connectivity index (χ3v) is 4.07. The van der Waals surface area contributed by atoms with Crippen LogP contribution in [-0.2, 0) is 6.42 Å². The lowest BCUT2D eigenvalue weighted by atomic mass is 10.1. The fourth-order valence-electron chi connectivity index (χ4n) is 2.50. The van der Waals surface area contributed by atoms with Crippen molar-refractivity contribution in [1.29, 1.82) is 0 Å². The molecule has 0 saturated carbocycles. The van der Waals surface area contributed by atoms with E-state index in [4.69, 9.17) is 16.3 Å². The molecule has 3 aromatic rings. The second-order valence-electron chi connectivity index (χ2n) is 5.78. The number of amides is 1. The minimum Gasteiger partial charge on any atom is -0.497 e. The Hall–Kier alpha value is -3.12. The second-order valence-corrected chi connectivity index (χ2v) is 6.22. The number of rotatable bonds is 7. The highest BCUT2D eigenvalue weighted by Crippen LogP contribution is 2.17. The summed E-state index contributed by atoms with van der Waals surface area (Å²) in [5.74, 6) is 0.935. The van der Waals surface area contributed by atoms with Gasteiger partial charge in [-0.25, -0.2) is 9.97 Å². The van der Waals surface area contributed by atoms with Crippen LogP contribution in [-0.4, -0.2) is 29.5 Å². The normalized spacial score (nSPS) is 10.3. The number of benzene rings is 2. The van der Waals surface area contributed by atoms with E-state index in [1.807, 2.05) is 30.3 Å². The van der Waals surface area contributed by atoms with Crippen molar-refractivity contribution in [2.45, 2.75) is 6.42 Å². The highest BCUT2D eigenvalue weighted by Gasteiger charge is 2.09. The molecule has 0 unspecified atom stereocenters. The zero-order valence-corrected chi connectivity index (χ0v) is 15.5. The number of carbonyl (C=O) groups is 1. The number of methoxy groups -OCH3 is 1. The molecule has 1 heterocycles. The summed E-state index contributed by atoms with van der Waals surface area (Å²) in [5.41, 5.74) is 2.03. The molecule has 3 rings (SSSR count). The van der Waals surface area contributed by atoms with E-state index < -0.39 is 0 Å². The summed E-state index contributed by atoms with van der Waals surface area (Å²) >= 11 is 5.99. The summed E-state index contributed by atoms with van der Waals surface area (Å²) in [7, 11) is 1.58. The lowest BCUT2D eigenvalue weighted by molar-refractivity contribution is 0.102. The van der Waals surface area contributed by atoms with Crippen molar-refractivity contribution < 1.29 is 9.53 Å². The van der Waals surface area contributed by atoms with Crippen LogP contribution >= 0.6 is 11.6 Å². The van der Waals surface area contributed by atoms with Crippen LogP contribution < -0.4 is 15.4 Å². The molecule has 6 nitrogen and oxygen atoms in total. The minimum atomic E-state index is -0.316. The van der Waals surface area contributed by atoms with Crippen LogP contribution in [0.4, 0.5) is 11.5 Å². The van der Waals surface area contributed by atoms with Crippen LogP contribution in [0, 0.1) is 0 Å². The highest BCUT2D eigenvalue weighted by atomic mass is 35.5. The molecule has 1 aromatic heterocycles. The molecule has 0 aliphatic heterocycles. The Morgan fingerprint density at radius 1 is 1.11 bits per heavy atom. The molecule has 2 N–H and O–H groups in total. The summed E-state index contributed by atoms with van der Waals surface area (Å²) in [6.07, 6.45) is 2.15. The van der Waals surface area contributed by atoms with Crippen molar-refractivity contribution in [2.24, 2.45) is 0 Å². The monoisotopic (exact) mass is 382 g/mol. The Kier molecular flexibility index (Phi) is 6.22. The van der Waals surface area contributed by atoms with Gasteiger partial charge in [-0.15, -0.1) is 0 Å². The smallest absolute Gasteiger partial charge is 0.274 e. The summed E-state index contributed by atoms with van der Waals surface area (Å²) in [6.45, 7) is 0.661. The van der Waals surface area contributed by atoms with Gasteiger partial charge < -0.3 is 15.4 Å². The third-order valence-electron chi connectivity index (χ3n) is 3.84. The molecule has 0 aliphatic carbocycles. The summed E-state index contributed by atoms with van der Waals surface area (Å²) in [6, 6.07) is 16.5. The van der Waals surface area contributed by atoms with Gasteiger partial charge in [0.2, 0.25) is 0 Å². The third kappa shape index (κ3) is 5.43. The molecule has 138 valence electrons. The predicted molar refractivity (Wildman–Crippen MR) is 107 cm³/mol. The highest BCUT2D eigenvalue weighted by molar-refractivity contribution is 6.30. The number of ether oxygens (including phenoxy) is 1. The average Bonchev–Trinajstić information content (AvgIpc) is 2.68. The number of hydrogen-bond donors (Lipinski definition) is 2. The van der Waals surface area contributed by atoms with E-state index in [1.165, 1.54) is 6.33 Å². The van der Waals surface area contributed by atoms with Crippen molar-refractivity contribution in [3.8, 4) is 5.75 Å². The Balaban J connectivity index is 1.59. The summed E-state index contributed by atoms with van der Waals surface area (Å²) < 4.78 is 5.15. The van der Waals surface area contributed by atoms with Crippen LogP contribution in [0.2, 0.25) is 5.02 Å². The lowest BCUT2D eigenvalue weighted by Crippen LogP contribution is -2.15. The van der Waals surface area contributed by atoms with Crippen LogP contribution in [0.3, 0.4) is 0 Å². The molecule has 0 atom stereocenters. The van der Waals surface area contributed by atoms with Crippen molar-refractivity contribution in [1.82, 2.24) is 9.97 Å².